The summed E-state index contributed by atoms with van der Waals surface area (Å²) < 4.78 is 41.1. The molecule has 118 heavy (non-hydrogen) atoms. The average molecular weight is 1650 g/mol. The van der Waals surface area contributed by atoms with E-state index in [0.717, 1.165) is 77.0 Å². The Hall–Kier alpha value is -3.49. The zero-order chi connectivity index (χ0) is 84.3. The molecule has 692 valence electrons. The van der Waals surface area contributed by atoms with E-state index in [2.05, 4.69) is 52.2 Å². The summed E-state index contributed by atoms with van der Waals surface area (Å²) in [7, 11) is 0. The van der Waals surface area contributed by atoms with Gasteiger partial charge in [0.15, 0.2) is 23.0 Å². The first-order chi connectivity index (χ1) is 58.5. The summed E-state index contributed by atoms with van der Waals surface area (Å²) in [4.78, 5) is 14.8. The number of carbonyl (C=O) groups excluding carboxylic acids is 1. The van der Waals surface area contributed by atoms with Crippen LogP contribution in [0.5, 0.6) is 34.5 Å². The van der Waals surface area contributed by atoms with Crippen LogP contribution in [-0.2, 0) is 0 Å². The molecule has 2 amide bonds. The van der Waals surface area contributed by atoms with Gasteiger partial charge in [0, 0.05) is 24.3 Å². The van der Waals surface area contributed by atoms with Crippen LogP contribution in [0.2, 0.25) is 0 Å². The smallest absolute Gasteiger partial charge is 0.323 e. The summed E-state index contributed by atoms with van der Waals surface area (Å²) in [5, 5.41) is 6.57. The highest BCUT2D eigenvalue weighted by Crippen LogP contribution is 2.44. The van der Waals surface area contributed by atoms with Gasteiger partial charge in [0.25, 0.3) is 0 Å². The van der Waals surface area contributed by atoms with Crippen molar-refractivity contribution < 1.29 is 33.2 Å². The van der Waals surface area contributed by atoms with Crippen molar-refractivity contribution in [3.8, 4) is 34.5 Å². The largest absolute Gasteiger partial charge is 0.489 e. The molecule has 9 nitrogen and oxygen atoms in total. The number of carbonyl (C=O) groups is 1. The lowest BCUT2D eigenvalue weighted by molar-refractivity contribution is 0.234. The van der Waals surface area contributed by atoms with Gasteiger partial charge in [-0.1, -0.05) is 542 Å². The van der Waals surface area contributed by atoms with E-state index in [1.54, 1.807) is 0 Å². The second-order valence-electron chi connectivity index (χ2n) is 36.9. The van der Waals surface area contributed by atoms with E-state index in [9.17, 15) is 4.79 Å². The maximum atomic E-state index is 14.8. The van der Waals surface area contributed by atoms with Gasteiger partial charge in [-0.05, 0) is 38.5 Å². The maximum Gasteiger partial charge on any atom is 0.323 e. The molecule has 0 bridgehead atoms. The van der Waals surface area contributed by atoms with Crippen molar-refractivity contribution in [1.29, 1.82) is 0 Å². The lowest BCUT2D eigenvalue weighted by atomic mass is 10.0. The van der Waals surface area contributed by atoms with Crippen molar-refractivity contribution in [2.24, 2.45) is 0 Å². The number of nitrogens with one attached hydrogen (secondary N) is 2. The Balaban J connectivity index is 2.46. The van der Waals surface area contributed by atoms with Gasteiger partial charge in [-0.3, -0.25) is 0 Å². The molecule has 0 fully saturated rings. The Bertz CT molecular complexity index is 2080. The predicted molar refractivity (Wildman–Crippen MR) is 520 cm³/mol. The number of amides is 2. The van der Waals surface area contributed by atoms with Crippen LogP contribution in [0.15, 0.2) is 24.3 Å². The predicted octanol–water partition coefficient (Wildman–Crippen LogP) is 38.5. The summed E-state index contributed by atoms with van der Waals surface area (Å²) in [6, 6.07) is 7.57. The van der Waals surface area contributed by atoms with Crippen LogP contribution in [0.3, 0.4) is 0 Å². The molecule has 0 aromatic heterocycles. The van der Waals surface area contributed by atoms with Gasteiger partial charge in [-0.25, -0.2) is 4.79 Å². The second-order valence-corrected chi connectivity index (χ2v) is 36.9. The first-order valence-electron chi connectivity index (χ1n) is 53.7. The van der Waals surface area contributed by atoms with E-state index < -0.39 is 0 Å². The number of anilines is 2. The van der Waals surface area contributed by atoms with Crippen LogP contribution >= 0.6 is 0 Å². The molecule has 0 atom stereocenters. The second kappa shape index (κ2) is 91.2. The minimum Gasteiger partial charge on any atom is -0.489 e. The Morgan fingerprint density at radius 2 is 0.280 bits per heavy atom. The molecular weight excluding hydrogens is 1450 g/mol. The molecule has 0 heterocycles. The van der Waals surface area contributed by atoms with Gasteiger partial charge >= 0.3 is 6.03 Å². The topological polar surface area (TPSA) is 96.5 Å². The number of rotatable bonds is 98. The molecule has 2 N–H and O–H groups in total. The summed E-state index contributed by atoms with van der Waals surface area (Å²) in [6.07, 6.45) is 110. The Morgan fingerprint density at radius 3 is 0.407 bits per heavy atom. The Morgan fingerprint density at radius 1 is 0.169 bits per heavy atom. The molecule has 0 aliphatic carbocycles. The van der Waals surface area contributed by atoms with Crippen molar-refractivity contribution in [2.75, 3.05) is 50.3 Å². The number of hydrogen-bond donors (Lipinski definition) is 2. The van der Waals surface area contributed by atoms with E-state index in [1.165, 1.54) is 462 Å². The first-order valence-corrected chi connectivity index (χ1v) is 53.7. The summed E-state index contributed by atoms with van der Waals surface area (Å²) in [5.74, 6) is 3.92. The number of urea groups is 1. The van der Waals surface area contributed by atoms with Crippen molar-refractivity contribution in [3.05, 3.63) is 24.3 Å². The molecule has 2 rings (SSSR count). The molecule has 0 radical (unpaired) electrons. The SMILES string of the molecule is CCCCCCCCCCCCCCCCOc1cc(NC(=O)Nc2cc(OCCCCCCCCCCCCCCCC)c(OCCCCCCCCCCCCCCCC)c(OCCCCCCCCCCCCCCCC)c2)cc(OCCCCCCCCCCCCCCCC)c1OCCCCCCCCCCCCCCCC. The minimum absolute atomic E-state index is 0.348. The molecule has 2 aromatic carbocycles. The van der Waals surface area contributed by atoms with Gasteiger partial charge in [0.1, 0.15) is 0 Å². The van der Waals surface area contributed by atoms with Crippen molar-refractivity contribution in [2.45, 2.75) is 581 Å². The van der Waals surface area contributed by atoms with Crippen LogP contribution in [0.4, 0.5) is 16.2 Å². The third-order valence-corrected chi connectivity index (χ3v) is 25.1. The van der Waals surface area contributed by atoms with E-state index in [4.69, 9.17) is 28.4 Å². The monoisotopic (exact) mass is 1650 g/mol. The molecule has 0 saturated carbocycles. The van der Waals surface area contributed by atoms with E-state index >= 15 is 0 Å². The van der Waals surface area contributed by atoms with Crippen LogP contribution in [0, 0.1) is 0 Å². The highest BCUT2D eigenvalue weighted by atomic mass is 16.5. The van der Waals surface area contributed by atoms with Crippen molar-refractivity contribution >= 4 is 17.4 Å². The van der Waals surface area contributed by atoms with Crippen molar-refractivity contribution in [3.63, 3.8) is 0 Å². The molecule has 9 heteroatoms. The van der Waals surface area contributed by atoms with Crippen molar-refractivity contribution in [1.82, 2.24) is 0 Å². The Kier molecular flexibility index (Phi) is 85.5. The number of unbranched alkanes of at least 4 members (excludes halogenated alkanes) is 78. The Labute approximate surface area is 736 Å². The van der Waals surface area contributed by atoms with Gasteiger partial charge in [0.2, 0.25) is 11.5 Å². The normalized spacial score (nSPS) is 11.5. The quantitative estimate of drug-likeness (QED) is 0.0637. The molecular formula is C109H204N2O7. The van der Waals surface area contributed by atoms with Crippen LogP contribution in [0.25, 0.3) is 0 Å². The number of benzene rings is 2. The zero-order valence-electron chi connectivity index (χ0n) is 80.3. The fraction of sp³-hybridized carbons (Fsp3) is 0.881. The van der Waals surface area contributed by atoms with Gasteiger partial charge in [-0.15, -0.1) is 0 Å². The van der Waals surface area contributed by atoms with E-state index in [0.29, 0.717) is 85.5 Å². The lowest BCUT2D eigenvalue weighted by Crippen LogP contribution is -2.20. The van der Waals surface area contributed by atoms with Crippen LogP contribution in [0.1, 0.15) is 581 Å². The zero-order valence-corrected chi connectivity index (χ0v) is 80.3. The van der Waals surface area contributed by atoms with Gasteiger partial charge in [-0.2, -0.15) is 0 Å². The number of ether oxygens (including phenoxy) is 6. The summed E-state index contributed by atoms with van der Waals surface area (Å²) in [6.45, 7) is 17.4. The molecule has 0 aliphatic rings. The third-order valence-electron chi connectivity index (χ3n) is 25.1. The van der Waals surface area contributed by atoms with Crippen LogP contribution in [-0.4, -0.2) is 45.7 Å². The molecule has 2 aromatic rings. The van der Waals surface area contributed by atoms with Gasteiger partial charge < -0.3 is 39.1 Å². The van der Waals surface area contributed by atoms with E-state index in [1.807, 2.05) is 24.3 Å². The van der Waals surface area contributed by atoms with Crippen LogP contribution < -0.4 is 39.1 Å². The minimum atomic E-state index is -0.348. The summed E-state index contributed by atoms with van der Waals surface area (Å²) >= 11 is 0. The average Bonchev–Trinajstić information content (AvgIpc) is 0.821. The fourth-order valence-electron chi connectivity index (χ4n) is 17.2. The fourth-order valence-corrected chi connectivity index (χ4v) is 17.2. The highest BCUT2D eigenvalue weighted by molar-refractivity contribution is 6.00. The molecule has 0 saturated heterocycles. The molecule has 0 aliphatic heterocycles. The van der Waals surface area contributed by atoms with E-state index in [-0.39, 0.29) is 6.03 Å². The molecule has 0 unspecified atom stereocenters. The first kappa shape index (κ1) is 111. The highest BCUT2D eigenvalue weighted by Gasteiger charge is 2.21. The third kappa shape index (κ3) is 72.9. The van der Waals surface area contributed by atoms with Gasteiger partial charge in [0.05, 0.1) is 51.0 Å². The standard InChI is InChI=1S/C109H204N2O7/c1-7-13-19-25-31-37-43-49-55-61-67-73-79-85-91-113-103-97-101(98-104(114-92-86-80-74-68-62-56-50-44-38-32-26-20-14-8-2)107(103)117-95-89-83-77-71-65-59-53-47-41-35-29-23-17-11-5)110-109(112)111-102-99-105(115-93-87-81-75-69-63-57-51-45-39-33-27-21-15-9-3)108(118-96-90-84-78-72-66-60-54-48-42-36-30-24-18-12-6)106(100-102)116-94-88-82-76-70-64-58-52-46-40-34-28-22-16-10-4/h97-100H,7-96H2,1-6H3,(H2,110,111,112). The number of hydrogen-bond acceptors (Lipinski definition) is 7. The maximum absolute atomic E-state index is 14.8. The molecule has 0 spiro atoms. The lowest BCUT2D eigenvalue weighted by Gasteiger charge is -2.20. The summed E-state index contributed by atoms with van der Waals surface area (Å²) in [5.41, 5.74) is 1.23.